The lowest BCUT2D eigenvalue weighted by atomic mass is 10.1. The molecule has 1 aromatic carbocycles. The van der Waals surface area contributed by atoms with Crippen molar-refractivity contribution in [3.63, 3.8) is 0 Å². The van der Waals surface area contributed by atoms with E-state index in [9.17, 15) is 0 Å². The number of hydrogen-bond donors (Lipinski definition) is 1. The Labute approximate surface area is 157 Å². The van der Waals surface area contributed by atoms with Crippen LogP contribution in [0.1, 0.15) is 11.4 Å². The van der Waals surface area contributed by atoms with E-state index in [-0.39, 0.29) is 0 Å². The predicted molar refractivity (Wildman–Crippen MR) is 105 cm³/mol. The zero-order valence-electron chi connectivity index (χ0n) is 15.3. The number of aryl methyl sites for hydroxylation is 1. The zero-order valence-corrected chi connectivity index (χ0v) is 15.3. The molecule has 0 aliphatic carbocycles. The highest BCUT2D eigenvalue weighted by Gasteiger charge is 2.16. The summed E-state index contributed by atoms with van der Waals surface area (Å²) in [5.41, 5.74) is 5.80. The van der Waals surface area contributed by atoms with Gasteiger partial charge in [0.2, 0.25) is 5.58 Å². The second kappa shape index (κ2) is 7.45. The molecule has 4 aromatic rings. The van der Waals surface area contributed by atoms with Gasteiger partial charge < -0.3 is 14.6 Å². The first-order chi connectivity index (χ1) is 13.3. The second-order valence-corrected chi connectivity index (χ2v) is 6.20. The second-order valence-electron chi connectivity index (χ2n) is 6.20. The number of benzene rings is 1. The summed E-state index contributed by atoms with van der Waals surface area (Å²) in [6, 6.07) is 15.7. The Morgan fingerprint density at radius 2 is 1.96 bits per heavy atom. The van der Waals surface area contributed by atoms with Crippen LogP contribution in [0.5, 0.6) is 5.75 Å². The summed E-state index contributed by atoms with van der Waals surface area (Å²) < 4.78 is 11.0. The maximum absolute atomic E-state index is 5.51. The van der Waals surface area contributed by atoms with Gasteiger partial charge in [-0.1, -0.05) is 23.4 Å². The van der Waals surface area contributed by atoms with Crippen molar-refractivity contribution >= 4 is 16.8 Å². The van der Waals surface area contributed by atoms with Crippen LogP contribution in [0, 0.1) is 6.92 Å². The molecule has 3 aromatic heterocycles. The Balaban J connectivity index is 1.69. The predicted octanol–water partition coefficient (Wildman–Crippen LogP) is 4.26. The first kappa shape index (κ1) is 17.0. The first-order valence-corrected chi connectivity index (χ1v) is 8.80. The highest BCUT2D eigenvalue weighted by atomic mass is 16.5. The van der Waals surface area contributed by atoms with Gasteiger partial charge in [-0.05, 0) is 37.3 Å². The highest BCUT2D eigenvalue weighted by Crippen LogP contribution is 2.34. The molecule has 6 nitrogen and oxygen atoms in total. The van der Waals surface area contributed by atoms with Crippen molar-refractivity contribution in [2.24, 2.45) is 0 Å². The SMILES string of the molecule is COc1ccccc1-c1cc(NCCc2ccccn2)c2onc(C)c2n1. The van der Waals surface area contributed by atoms with Crippen molar-refractivity contribution in [2.45, 2.75) is 13.3 Å². The average Bonchev–Trinajstić information content (AvgIpc) is 3.10. The number of rotatable bonds is 6. The molecule has 0 unspecified atom stereocenters. The fraction of sp³-hybridized carbons (Fsp3) is 0.190. The molecule has 27 heavy (non-hydrogen) atoms. The van der Waals surface area contributed by atoms with Crippen LogP contribution in [0.2, 0.25) is 0 Å². The summed E-state index contributed by atoms with van der Waals surface area (Å²) in [7, 11) is 1.66. The van der Waals surface area contributed by atoms with Gasteiger partial charge in [-0.3, -0.25) is 4.98 Å². The molecule has 6 heteroatoms. The van der Waals surface area contributed by atoms with Gasteiger partial charge in [0.15, 0.2) is 0 Å². The molecule has 3 heterocycles. The van der Waals surface area contributed by atoms with E-state index in [0.717, 1.165) is 52.6 Å². The minimum absolute atomic E-state index is 0.659. The summed E-state index contributed by atoms with van der Waals surface area (Å²) in [4.78, 5) is 9.11. The molecule has 0 aliphatic heterocycles. The topological polar surface area (TPSA) is 73.1 Å². The van der Waals surface area contributed by atoms with Crippen molar-refractivity contribution in [1.29, 1.82) is 0 Å². The van der Waals surface area contributed by atoms with Crippen molar-refractivity contribution in [3.05, 3.63) is 66.1 Å². The largest absolute Gasteiger partial charge is 0.496 e. The van der Waals surface area contributed by atoms with Crippen LogP contribution in [-0.4, -0.2) is 28.8 Å². The number of ether oxygens (including phenoxy) is 1. The van der Waals surface area contributed by atoms with Gasteiger partial charge >= 0.3 is 0 Å². The van der Waals surface area contributed by atoms with Crippen LogP contribution in [0.3, 0.4) is 0 Å². The number of nitrogens with one attached hydrogen (secondary N) is 1. The molecular weight excluding hydrogens is 340 g/mol. The van der Waals surface area contributed by atoms with Crippen molar-refractivity contribution in [3.8, 4) is 17.0 Å². The Morgan fingerprint density at radius 1 is 1.11 bits per heavy atom. The zero-order chi connectivity index (χ0) is 18.6. The third kappa shape index (κ3) is 3.46. The van der Waals surface area contributed by atoms with E-state index >= 15 is 0 Å². The van der Waals surface area contributed by atoms with E-state index in [0.29, 0.717) is 5.58 Å². The van der Waals surface area contributed by atoms with E-state index in [4.69, 9.17) is 14.2 Å². The van der Waals surface area contributed by atoms with Gasteiger partial charge in [-0.2, -0.15) is 0 Å². The summed E-state index contributed by atoms with van der Waals surface area (Å²) in [5.74, 6) is 0.776. The minimum atomic E-state index is 0.659. The Morgan fingerprint density at radius 3 is 2.78 bits per heavy atom. The van der Waals surface area contributed by atoms with Crippen molar-refractivity contribution in [2.75, 3.05) is 19.0 Å². The highest BCUT2D eigenvalue weighted by molar-refractivity contribution is 5.91. The molecule has 0 saturated heterocycles. The molecule has 1 N–H and O–H groups in total. The molecule has 136 valence electrons. The lowest BCUT2D eigenvalue weighted by Crippen LogP contribution is -2.06. The number of para-hydroxylation sites is 1. The number of methoxy groups -OCH3 is 1. The number of aromatic nitrogens is 3. The van der Waals surface area contributed by atoms with Crippen LogP contribution in [0.4, 0.5) is 5.69 Å². The maximum atomic E-state index is 5.51. The summed E-state index contributed by atoms with van der Waals surface area (Å²) in [6.07, 6.45) is 2.61. The van der Waals surface area contributed by atoms with E-state index in [2.05, 4.69) is 15.5 Å². The Bertz CT molecular complexity index is 1060. The molecule has 0 fully saturated rings. The van der Waals surface area contributed by atoms with Crippen LogP contribution >= 0.6 is 0 Å². The van der Waals surface area contributed by atoms with Gasteiger partial charge in [-0.15, -0.1) is 0 Å². The van der Waals surface area contributed by atoms with Gasteiger partial charge in [0.25, 0.3) is 0 Å². The standard InChI is InChI=1S/C21H20N4O2/c1-14-20-21(27-25-14)18(23-12-10-15-7-5-6-11-22-15)13-17(24-20)16-8-3-4-9-19(16)26-2/h3-9,11,13H,10,12H2,1-2H3,(H,23,24). The van der Waals surface area contributed by atoms with Crippen LogP contribution in [0.15, 0.2) is 59.3 Å². The molecule has 0 saturated carbocycles. The van der Waals surface area contributed by atoms with Gasteiger partial charge in [0.1, 0.15) is 17.0 Å². The average molecular weight is 360 g/mol. The summed E-state index contributed by atoms with van der Waals surface area (Å²) in [6.45, 7) is 2.61. The maximum Gasteiger partial charge on any atom is 0.208 e. The summed E-state index contributed by atoms with van der Waals surface area (Å²) >= 11 is 0. The molecule has 0 radical (unpaired) electrons. The smallest absolute Gasteiger partial charge is 0.208 e. The van der Waals surface area contributed by atoms with Gasteiger partial charge in [0, 0.05) is 30.4 Å². The Hall–Kier alpha value is -3.41. The molecular formula is C21H20N4O2. The van der Waals surface area contributed by atoms with Crippen LogP contribution in [0.25, 0.3) is 22.4 Å². The quantitative estimate of drug-likeness (QED) is 0.554. The lowest BCUT2D eigenvalue weighted by molar-refractivity contribution is 0.416. The van der Waals surface area contributed by atoms with E-state index in [1.165, 1.54) is 0 Å². The summed E-state index contributed by atoms with van der Waals surface area (Å²) in [5, 5.41) is 7.52. The fourth-order valence-corrected chi connectivity index (χ4v) is 3.03. The first-order valence-electron chi connectivity index (χ1n) is 8.80. The normalized spacial score (nSPS) is 10.9. The molecule has 4 rings (SSSR count). The number of pyridine rings is 2. The molecule has 0 aliphatic rings. The minimum Gasteiger partial charge on any atom is -0.496 e. The number of nitrogens with zero attached hydrogens (tertiary/aromatic N) is 3. The number of hydrogen-bond acceptors (Lipinski definition) is 6. The molecule has 0 amide bonds. The van der Waals surface area contributed by atoms with E-state index in [1.807, 2.05) is 55.5 Å². The van der Waals surface area contributed by atoms with Crippen LogP contribution < -0.4 is 10.1 Å². The van der Waals surface area contributed by atoms with Crippen molar-refractivity contribution < 1.29 is 9.26 Å². The van der Waals surface area contributed by atoms with Crippen LogP contribution in [-0.2, 0) is 6.42 Å². The third-order valence-electron chi connectivity index (χ3n) is 4.40. The molecule has 0 spiro atoms. The molecule has 0 atom stereocenters. The lowest BCUT2D eigenvalue weighted by Gasteiger charge is -2.11. The Kier molecular flexibility index (Phi) is 4.70. The fourth-order valence-electron chi connectivity index (χ4n) is 3.03. The number of fused-ring (bicyclic) bond motifs is 1. The van der Waals surface area contributed by atoms with Crippen molar-refractivity contribution in [1.82, 2.24) is 15.1 Å². The molecule has 0 bridgehead atoms. The van der Waals surface area contributed by atoms with Gasteiger partial charge in [-0.25, -0.2) is 4.98 Å². The van der Waals surface area contributed by atoms with E-state index < -0.39 is 0 Å². The van der Waals surface area contributed by atoms with Gasteiger partial charge in [0.05, 0.1) is 18.5 Å². The number of anilines is 1. The monoisotopic (exact) mass is 360 g/mol. The third-order valence-corrected chi connectivity index (χ3v) is 4.40. The van der Waals surface area contributed by atoms with E-state index in [1.54, 1.807) is 13.3 Å².